The Kier molecular flexibility index (Phi) is 3.99. The summed E-state index contributed by atoms with van der Waals surface area (Å²) in [5.41, 5.74) is 0. The predicted octanol–water partition coefficient (Wildman–Crippen LogP) is 1.50. The van der Waals surface area contributed by atoms with Gasteiger partial charge in [-0.1, -0.05) is 13.8 Å². The van der Waals surface area contributed by atoms with Crippen LogP contribution in [0.2, 0.25) is 0 Å². The molecule has 2 fully saturated rings. The molecule has 5 heteroatoms. The van der Waals surface area contributed by atoms with Crippen LogP contribution in [0.4, 0.5) is 0 Å². The maximum Gasteiger partial charge on any atom is 0.220 e. The third-order valence-electron chi connectivity index (χ3n) is 4.64. The lowest BCUT2D eigenvalue weighted by atomic mass is 9.88. The van der Waals surface area contributed by atoms with E-state index < -0.39 is 9.84 Å². The molecule has 4 unspecified atom stereocenters. The summed E-state index contributed by atoms with van der Waals surface area (Å²) in [6.45, 7) is 4.75. The fourth-order valence-electron chi connectivity index (χ4n) is 3.30. The molecule has 18 heavy (non-hydrogen) atoms. The molecule has 2 aliphatic heterocycles. The van der Waals surface area contributed by atoms with Crippen molar-refractivity contribution in [3.05, 3.63) is 0 Å². The molecule has 2 aliphatic rings. The lowest BCUT2D eigenvalue weighted by Gasteiger charge is -2.21. The molecule has 0 aliphatic carbocycles. The lowest BCUT2D eigenvalue weighted by molar-refractivity contribution is -0.119. The molecular weight excluding hydrogens is 250 g/mol. The SMILES string of the molecule is CCC1CCC(CC(C)C2CNC(=O)C2)S1(=O)=O. The van der Waals surface area contributed by atoms with Gasteiger partial charge < -0.3 is 5.32 Å². The maximum absolute atomic E-state index is 12.3. The second kappa shape index (κ2) is 5.19. The van der Waals surface area contributed by atoms with E-state index in [0.717, 1.165) is 25.7 Å². The van der Waals surface area contributed by atoms with Crippen LogP contribution in [0, 0.1) is 11.8 Å². The first-order valence-electron chi connectivity index (χ1n) is 6.94. The molecule has 0 aromatic rings. The van der Waals surface area contributed by atoms with Gasteiger partial charge in [0.15, 0.2) is 9.84 Å². The predicted molar refractivity (Wildman–Crippen MR) is 70.9 cm³/mol. The molecule has 2 rings (SSSR count). The smallest absolute Gasteiger partial charge is 0.220 e. The second-order valence-corrected chi connectivity index (χ2v) is 8.31. The molecule has 0 radical (unpaired) electrons. The minimum Gasteiger partial charge on any atom is -0.356 e. The molecule has 0 spiro atoms. The summed E-state index contributed by atoms with van der Waals surface area (Å²) >= 11 is 0. The van der Waals surface area contributed by atoms with Crippen molar-refractivity contribution >= 4 is 15.7 Å². The first-order chi connectivity index (χ1) is 8.45. The summed E-state index contributed by atoms with van der Waals surface area (Å²) in [7, 11) is -2.92. The summed E-state index contributed by atoms with van der Waals surface area (Å²) in [4.78, 5) is 11.2. The molecule has 104 valence electrons. The molecule has 4 nitrogen and oxygen atoms in total. The van der Waals surface area contributed by atoms with Crippen LogP contribution in [-0.2, 0) is 14.6 Å². The molecular formula is C13H23NO3S. The molecule has 2 heterocycles. The highest BCUT2D eigenvalue weighted by atomic mass is 32.2. The van der Waals surface area contributed by atoms with E-state index in [1.807, 2.05) is 6.92 Å². The molecule has 1 N–H and O–H groups in total. The van der Waals surface area contributed by atoms with E-state index in [4.69, 9.17) is 0 Å². The van der Waals surface area contributed by atoms with E-state index in [9.17, 15) is 13.2 Å². The van der Waals surface area contributed by atoms with E-state index in [-0.39, 0.29) is 16.4 Å². The van der Waals surface area contributed by atoms with Gasteiger partial charge in [-0.2, -0.15) is 0 Å². The zero-order valence-corrected chi connectivity index (χ0v) is 12.0. The third-order valence-corrected chi connectivity index (χ3v) is 7.50. The summed E-state index contributed by atoms with van der Waals surface area (Å²) in [6, 6.07) is 0. The van der Waals surface area contributed by atoms with Crippen LogP contribution in [0.3, 0.4) is 0 Å². The van der Waals surface area contributed by atoms with Crippen LogP contribution in [0.5, 0.6) is 0 Å². The normalized spacial score (nSPS) is 36.6. The highest BCUT2D eigenvalue weighted by Crippen LogP contribution is 2.35. The summed E-state index contributed by atoms with van der Waals surface area (Å²) in [6.07, 6.45) is 3.64. The van der Waals surface area contributed by atoms with Crippen LogP contribution < -0.4 is 5.32 Å². The number of hydrogen-bond donors (Lipinski definition) is 1. The van der Waals surface area contributed by atoms with Crippen molar-refractivity contribution < 1.29 is 13.2 Å². The summed E-state index contributed by atoms with van der Waals surface area (Å²) < 4.78 is 24.5. The Morgan fingerprint density at radius 1 is 1.33 bits per heavy atom. The third kappa shape index (κ3) is 2.56. The van der Waals surface area contributed by atoms with Crippen LogP contribution in [0.25, 0.3) is 0 Å². The first-order valence-corrected chi connectivity index (χ1v) is 8.55. The topological polar surface area (TPSA) is 63.2 Å². The maximum atomic E-state index is 12.3. The van der Waals surface area contributed by atoms with E-state index in [1.165, 1.54) is 0 Å². The molecule has 1 amide bonds. The van der Waals surface area contributed by atoms with Crippen LogP contribution in [0.1, 0.15) is 46.0 Å². The van der Waals surface area contributed by atoms with Gasteiger partial charge >= 0.3 is 0 Å². The Morgan fingerprint density at radius 2 is 2.00 bits per heavy atom. The van der Waals surface area contributed by atoms with Crippen molar-refractivity contribution in [2.75, 3.05) is 6.54 Å². The van der Waals surface area contributed by atoms with Gasteiger partial charge in [0.1, 0.15) is 0 Å². The monoisotopic (exact) mass is 273 g/mol. The van der Waals surface area contributed by atoms with Gasteiger partial charge in [-0.3, -0.25) is 4.79 Å². The molecule has 0 aromatic carbocycles. The first kappa shape index (κ1) is 13.8. The van der Waals surface area contributed by atoms with Gasteiger partial charge in [0.25, 0.3) is 0 Å². The number of hydrogen-bond acceptors (Lipinski definition) is 3. The van der Waals surface area contributed by atoms with E-state index in [1.54, 1.807) is 0 Å². The lowest BCUT2D eigenvalue weighted by Crippen LogP contribution is -2.27. The number of amides is 1. The van der Waals surface area contributed by atoms with Crippen molar-refractivity contribution in [2.24, 2.45) is 11.8 Å². The van der Waals surface area contributed by atoms with Gasteiger partial charge in [0, 0.05) is 13.0 Å². The minimum atomic E-state index is -2.92. The fraction of sp³-hybridized carbons (Fsp3) is 0.923. The standard InChI is InChI=1S/C13H23NO3S/c1-3-11-4-5-12(18(11,16)17)6-9(2)10-7-13(15)14-8-10/h9-12H,3-8H2,1-2H3,(H,14,15). The fourth-order valence-corrected chi connectivity index (χ4v) is 5.81. The largest absolute Gasteiger partial charge is 0.356 e. The number of rotatable bonds is 4. The van der Waals surface area contributed by atoms with Crippen LogP contribution in [-0.4, -0.2) is 31.4 Å². The summed E-state index contributed by atoms with van der Waals surface area (Å²) in [5, 5.41) is 2.53. The number of nitrogens with one attached hydrogen (secondary N) is 1. The van der Waals surface area contributed by atoms with E-state index in [2.05, 4.69) is 12.2 Å². The van der Waals surface area contributed by atoms with Crippen molar-refractivity contribution in [2.45, 2.75) is 56.5 Å². The van der Waals surface area contributed by atoms with Crippen molar-refractivity contribution in [1.29, 1.82) is 0 Å². The molecule has 2 saturated heterocycles. The van der Waals surface area contributed by atoms with Gasteiger partial charge in [-0.25, -0.2) is 8.42 Å². The Balaban J connectivity index is 1.96. The van der Waals surface area contributed by atoms with Crippen molar-refractivity contribution in [3.8, 4) is 0 Å². The van der Waals surface area contributed by atoms with Gasteiger partial charge in [0.2, 0.25) is 5.91 Å². The Hall–Kier alpha value is -0.580. The van der Waals surface area contributed by atoms with Crippen LogP contribution in [0.15, 0.2) is 0 Å². The van der Waals surface area contributed by atoms with Gasteiger partial charge in [-0.15, -0.1) is 0 Å². The number of sulfone groups is 1. The highest BCUT2D eigenvalue weighted by molar-refractivity contribution is 7.92. The Bertz CT molecular complexity index is 418. The highest BCUT2D eigenvalue weighted by Gasteiger charge is 2.41. The zero-order valence-electron chi connectivity index (χ0n) is 11.2. The Labute approximate surface area is 109 Å². The number of carbonyl (C=O) groups is 1. The zero-order chi connectivity index (χ0) is 13.3. The molecule has 0 saturated carbocycles. The van der Waals surface area contributed by atoms with Crippen LogP contribution >= 0.6 is 0 Å². The van der Waals surface area contributed by atoms with Crippen molar-refractivity contribution in [1.82, 2.24) is 5.32 Å². The quantitative estimate of drug-likeness (QED) is 0.844. The molecule has 0 aromatic heterocycles. The van der Waals surface area contributed by atoms with Gasteiger partial charge in [-0.05, 0) is 37.5 Å². The Morgan fingerprint density at radius 3 is 2.50 bits per heavy atom. The average Bonchev–Trinajstić information content (AvgIpc) is 2.84. The summed E-state index contributed by atoms with van der Waals surface area (Å²) in [5.74, 6) is 0.722. The molecule has 4 atom stereocenters. The average molecular weight is 273 g/mol. The molecule has 0 bridgehead atoms. The number of carbonyl (C=O) groups excluding carboxylic acids is 1. The second-order valence-electron chi connectivity index (χ2n) is 5.80. The van der Waals surface area contributed by atoms with E-state index >= 15 is 0 Å². The van der Waals surface area contributed by atoms with E-state index in [0.29, 0.717) is 24.8 Å². The van der Waals surface area contributed by atoms with Gasteiger partial charge in [0.05, 0.1) is 10.5 Å². The van der Waals surface area contributed by atoms with Crippen molar-refractivity contribution in [3.63, 3.8) is 0 Å². The minimum absolute atomic E-state index is 0.104.